The molecule has 24 heavy (non-hydrogen) atoms. The number of aryl methyl sites for hydroxylation is 1. The summed E-state index contributed by atoms with van der Waals surface area (Å²) in [4.78, 5) is 17.3. The second-order valence-electron chi connectivity index (χ2n) is 8.17. The van der Waals surface area contributed by atoms with Crippen LogP contribution in [0.25, 0.3) is 5.52 Å². The number of carbonyl (C=O) groups excluding carboxylic acids is 1. The highest BCUT2D eigenvalue weighted by molar-refractivity contribution is 5.80. The maximum atomic E-state index is 12.7. The predicted octanol–water partition coefficient (Wildman–Crippen LogP) is 2.38. The molecule has 0 aromatic carbocycles. The number of hydrogen-bond acceptors (Lipinski definition) is 3. The number of carbonyl (C=O) groups is 1. The lowest BCUT2D eigenvalue weighted by atomic mass is 9.61. The SMILES string of the molecule is Cc1cccn2c(C(C)(C)NC(=O)C3CC4(CCNC4)C3)ncc12. The predicted molar refractivity (Wildman–Crippen MR) is 93.7 cm³/mol. The summed E-state index contributed by atoms with van der Waals surface area (Å²) in [7, 11) is 0. The standard InChI is InChI=1S/C19H26N4O/c1-13-5-4-8-23-15(13)11-21-17(23)18(2,3)22-16(24)14-9-19(10-14)6-7-20-12-19/h4-5,8,11,14,20H,6-7,9-10,12H2,1-3H3,(H,22,24). The fourth-order valence-electron chi connectivity index (χ4n) is 4.41. The van der Waals surface area contributed by atoms with Gasteiger partial charge in [-0.2, -0.15) is 0 Å². The van der Waals surface area contributed by atoms with Crippen molar-refractivity contribution >= 4 is 11.4 Å². The molecule has 2 aromatic heterocycles. The van der Waals surface area contributed by atoms with Crippen molar-refractivity contribution in [1.82, 2.24) is 20.0 Å². The molecule has 128 valence electrons. The first-order valence-corrected chi connectivity index (χ1v) is 8.86. The number of aromatic nitrogens is 2. The topological polar surface area (TPSA) is 58.4 Å². The Morgan fingerprint density at radius 2 is 2.25 bits per heavy atom. The molecular weight excluding hydrogens is 300 g/mol. The monoisotopic (exact) mass is 326 g/mol. The fraction of sp³-hybridized carbons (Fsp3) is 0.579. The van der Waals surface area contributed by atoms with Crippen molar-refractivity contribution in [3.63, 3.8) is 0 Å². The first-order valence-electron chi connectivity index (χ1n) is 8.86. The normalized spacial score (nSPS) is 26.7. The zero-order chi connectivity index (χ0) is 16.9. The van der Waals surface area contributed by atoms with Crippen LogP contribution in [0.15, 0.2) is 24.5 Å². The minimum atomic E-state index is -0.492. The van der Waals surface area contributed by atoms with Crippen molar-refractivity contribution in [1.29, 1.82) is 0 Å². The van der Waals surface area contributed by atoms with E-state index in [1.54, 1.807) is 0 Å². The molecule has 0 atom stereocenters. The summed E-state index contributed by atoms with van der Waals surface area (Å²) in [6.45, 7) is 8.32. The lowest BCUT2D eigenvalue weighted by molar-refractivity contribution is -0.133. The zero-order valence-corrected chi connectivity index (χ0v) is 14.7. The van der Waals surface area contributed by atoms with Gasteiger partial charge in [-0.15, -0.1) is 0 Å². The number of imidazole rings is 1. The van der Waals surface area contributed by atoms with E-state index in [9.17, 15) is 4.79 Å². The van der Waals surface area contributed by atoms with Gasteiger partial charge in [-0.05, 0) is 63.6 Å². The molecule has 4 rings (SSSR count). The Morgan fingerprint density at radius 3 is 2.96 bits per heavy atom. The minimum absolute atomic E-state index is 0.150. The molecule has 2 aromatic rings. The zero-order valence-electron chi connectivity index (χ0n) is 14.7. The Bertz CT molecular complexity index is 778. The van der Waals surface area contributed by atoms with Gasteiger partial charge in [0.05, 0.1) is 17.3 Å². The van der Waals surface area contributed by atoms with Gasteiger partial charge in [-0.3, -0.25) is 4.79 Å². The lowest BCUT2D eigenvalue weighted by Gasteiger charge is -2.44. The Balaban J connectivity index is 1.50. The number of nitrogens with zero attached hydrogens (tertiary/aromatic N) is 2. The van der Waals surface area contributed by atoms with Gasteiger partial charge in [-0.25, -0.2) is 4.98 Å². The summed E-state index contributed by atoms with van der Waals surface area (Å²) in [5.74, 6) is 1.20. The van der Waals surface area contributed by atoms with Gasteiger partial charge in [0.1, 0.15) is 5.82 Å². The smallest absolute Gasteiger partial charge is 0.223 e. The van der Waals surface area contributed by atoms with Crippen LogP contribution >= 0.6 is 0 Å². The highest BCUT2D eigenvalue weighted by Crippen LogP contribution is 2.49. The van der Waals surface area contributed by atoms with E-state index in [2.05, 4.69) is 33.0 Å². The third-order valence-corrected chi connectivity index (χ3v) is 5.84. The maximum Gasteiger partial charge on any atom is 0.223 e. The van der Waals surface area contributed by atoms with Crippen LogP contribution in [0.3, 0.4) is 0 Å². The molecule has 0 radical (unpaired) electrons. The third-order valence-electron chi connectivity index (χ3n) is 5.84. The van der Waals surface area contributed by atoms with Gasteiger partial charge in [0.25, 0.3) is 0 Å². The molecule has 1 saturated carbocycles. The van der Waals surface area contributed by atoms with Crippen LogP contribution in [0.4, 0.5) is 0 Å². The molecule has 2 aliphatic rings. The van der Waals surface area contributed by atoms with E-state index in [1.807, 2.05) is 32.3 Å². The Kier molecular flexibility index (Phi) is 3.46. The van der Waals surface area contributed by atoms with Crippen LogP contribution in [-0.4, -0.2) is 28.4 Å². The molecule has 2 N–H and O–H groups in total. The van der Waals surface area contributed by atoms with E-state index in [-0.39, 0.29) is 11.8 Å². The summed E-state index contributed by atoms with van der Waals surface area (Å²) in [6, 6.07) is 4.10. The molecule has 0 unspecified atom stereocenters. The van der Waals surface area contributed by atoms with Crippen LogP contribution in [0, 0.1) is 18.3 Å². The molecule has 1 aliphatic carbocycles. The van der Waals surface area contributed by atoms with E-state index in [1.165, 1.54) is 12.0 Å². The first-order chi connectivity index (χ1) is 11.4. The molecule has 1 aliphatic heterocycles. The summed E-state index contributed by atoms with van der Waals surface area (Å²) in [6.07, 6.45) is 7.15. The third kappa shape index (κ3) is 2.42. The van der Waals surface area contributed by atoms with E-state index < -0.39 is 5.54 Å². The Hall–Kier alpha value is -1.88. The largest absolute Gasteiger partial charge is 0.344 e. The maximum absolute atomic E-state index is 12.7. The lowest BCUT2D eigenvalue weighted by Crippen LogP contribution is -2.51. The number of nitrogens with one attached hydrogen (secondary N) is 2. The van der Waals surface area contributed by atoms with Crippen LogP contribution in [0.1, 0.15) is 44.5 Å². The molecule has 0 bridgehead atoms. The average Bonchev–Trinajstić information content (AvgIpc) is 3.13. The number of rotatable bonds is 3. The molecule has 1 amide bonds. The van der Waals surface area contributed by atoms with Crippen LogP contribution in [0.2, 0.25) is 0 Å². The van der Waals surface area contributed by atoms with Crippen LogP contribution < -0.4 is 10.6 Å². The van der Waals surface area contributed by atoms with Crippen molar-refractivity contribution in [2.45, 2.75) is 45.6 Å². The summed E-state index contributed by atoms with van der Waals surface area (Å²) >= 11 is 0. The number of amides is 1. The number of pyridine rings is 1. The van der Waals surface area contributed by atoms with Crippen molar-refractivity contribution < 1.29 is 4.79 Å². The van der Waals surface area contributed by atoms with Gasteiger partial charge >= 0.3 is 0 Å². The van der Waals surface area contributed by atoms with Crippen LogP contribution in [0.5, 0.6) is 0 Å². The molecule has 3 heterocycles. The molecule has 2 fully saturated rings. The number of fused-ring (bicyclic) bond motifs is 1. The molecule has 5 heteroatoms. The van der Waals surface area contributed by atoms with E-state index in [0.717, 1.165) is 37.3 Å². The molecule has 1 spiro atoms. The molecular formula is C19H26N4O. The number of hydrogen-bond donors (Lipinski definition) is 2. The summed E-state index contributed by atoms with van der Waals surface area (Å²) in [5.41, 5.74) is 2.18. The quantitative estimate of drug-likeness (QED) is 0.910. The average molecular weight is 326 g/mol. The minimum Gasteiger partial charge on any atom is -0.344 e. The van der Waals surface area contributed by atoms with Gasteiger partial charge in [-0.1, -0.05) is 6.07 Å². The highest BCUT2D eigenvalue weighted by Gasteiger charge is 2.49. The van der Waals surface area contributed by atoms with Crippen molar-refractivity contribution in [3.05, 3.63) is 35.9 Å². The van der Waals surface area contributed by atoms with E-state index in [0.29, 0.717) is 5.41 Å². The summed E-state index contributed by atoms with van der Waals surface area (Å²) < 4.78 is 2.08. The van der Waals surface area contributed by atoms with Crippen molar-refractivity contribution in [2.75, 3.05) is 13.1 Å². The van der Waals surface area contributed by atoms with Gasteiger partial charge in [0.15, 0.2) is 0 Å². The first kappa shape index (κ1) is 15.6. The van der Waals surface area contributed by atoms with Gasteiger partial charge in [0.2, 0.25) is 5.91 Å². The Labute approximate surface area is 142 Å². The van der Waals surface area contributed by atoms with Crippen LogP contribution in [-0.2, 0) is 10.3 Å². The highest BCUT2D eigenvalue weighted by atomic mass is 16.2. The Morgan fingerprint density at radius 1 is 1.46 bits per heavy atom. The molecule has 1 saturated heterocycles. The second-order valence-corrected chi connectivity index (χ2v) is 8.17. The molecule has 5 nitrogen and oxygen atoms in total. The van der Waals surface area contributed by atoms with Crippen molar-refractivity contribution in [2.24, 2.45) is 11.3 Å². The van der Waals surface area contributed by atoms with Gasteiger partial charge < -0.3 is 15.0 Å². The van der Waals surface area contributed by atoms with Gasteiger partial charge in [0, 0.05) is 18.7 Å². The van der Waals surface area contributed by atoms with E-state index in [4.69, 9.17) is 0 Å². The fourth-order valence-corrected chi connectivity index (χ4v) is 4.41. The van der Waals surface area contributed by atoms with Crippen molar-refractivity contribution in [3.8, 4) is 0 Å². The summed E-state index contributed by atoms with van der Waals surface area (Å²) in [5, 5.41) is 6.66. The second kappa shape index (κ2) is 5.31. The van der Waals surface area contributed by atoms with E-state index >= 15 is 0 Å².